The van der Waals surface area contributed by atoms with Gasteiger partial charge in [0, 0.05) is 24.5 Å². The van der Waals surface area contributed by atoms with Gasteiger partial charge in [0.15, 0.2) is 10.8 Å². The summed E-state index contributed by atoms with van der Waals surface area (Å²) in [6, 6.07) is 1.63. The van der Waals surface area contributed by atoms with E-state index in [1.165, 1.54) is 11.7 Å². The Kier molecular flexibility index (Phi) is 5.51. The van der Waals surface area contributed by atoms with Crippen LogP contribution in [-0.2, 0) is 9.47 Å². The van der Waals surface area contributed by atoms with Crippen molar-refractivity contribution >= 4 is 34.2 Å². The predicted molar refractivity (Wildman–Crippen MR) is 91.1 cm³/mol. The zero-order valence-corrected chi connectivity index (χ0v) is 14.4. The number of thiazole rings is 1. The number of amides is 1. The van der Waals surface area contributed by atoms with E-state index in [4.69, 9.17) is 9.47 Å². The molecular weight excluding hydrogens is 346 g/mol. The second kappa shape index (κ2) is 7.99. The fourth-order valence-corrected chi connectivity index (χ4v) is 2.90. The maximum absolute atomic E-state index is 12.4. The van der Waals surface area contributed by atoms with Crippen LogP contribution < -0.4 is 10.2 Å². The first-order valence-electron chi connectivity index (χ1n) is 7.76. The lowest BCUT2D eigenvalue weighted by atomic mass is 10.3. The number of carbonyl (C=O) groups is 2. The van der Waals surface area contributed by atoms with Crippen molar-refractivity contribution in [3.63, 3.8) is 0 Å². The predicted octanol–water partition coefficient (Wildman–Crippen LogP) is 1.20. The minimum absolute atomic E-state index is 0.166. The molecule has 0 unspecified atom stereocenters. The SMILES string of the molecule is CCOC(=O)c1csc(NC(=O)c2cc(N3CCOCC3)ncn2)n1. The fraction of sp³-hybridized carbons (Fsp3) is 0.400. The lowest BCUT2D eigenvalue weighted by Crippen LogP contribution is -2.37. The molecule has 0 radical (unpaired) electrons. The van der Waals surface area contributed by atoms with Crippen molar-refractivity contribution in [2.75, 3.05) is 43.1 Å². The van der Waals surface area contributed by atoms with Crippen LogP contribution in [0.15, 0.2) is 17.8 Å². The van der Waals surface area contributed by atoms with Gasteiger partial charge in [-0.1, -0.05) is 0 Å². The van der Waals surface area contributed by atoms with E-state index in [1.54, 1.807) is 13.0 Å². The van der Waals surface area contributed by atoms with Gasteiger partial charge in [0.25, 0.3) is 5.91 Å². The first kappa shape index (κ1) is 17.2. The van der Waals surface area contributed by atoms with Crippen LogP contribution in [0.1, 0.15) is 27.9 Å². The highest BCUT2D eigenvalue weighted by Crippen LogP contribution is 2.18. The van der Waals surface area contributed by atoms with Crippen molar-refractivity contribution in [3.8, 4) is 0 Å². The molecule has 1 amide bonds. The summed E-state index contributed by atoms with van der Waals surface area (Å²) >= 11 is 1.14. The summed E-state index contributed by atoms with van der Waals surface area (Å²) in [5.74, 6) is -0.257. The monoisotopic (exact) mass is 363 g/mol. The van der Waals surface area contributed by atoms with Crippen molar-refractivity contribution in [2.45, 2.75) is 6.92 Å². The van der Waals surface area contributed by atoms with Crippen LogP contribution in [0.3, 0.4) is 0 Å². The molecule has 25 heavy (non-hydrogen) atoms. The van der Waals surface area contributed by atoms with Gasteiger partial charge in [-0.25, -0.2) is 19.7 Å². The van der Waals surface area contributed by atoms with Crippen molar-refractivity contribution in [1.29, 1.82) is 0 Å². The zero-order valence-electron chi connectivity index (χ0n) is 13.6. The van der Waals surface area contributed by atoms with Crippen molar-refractivity contribution in [2.24, 2.45) is 0 Å². The van der Waals surface area contributed by atoms with Gasteiger partial charge in [-0.15, -0.1) is 11.3 Å². The average Bonchev–Trinajstić information content (AvgIpc) is 3.11. The molecule has 1 fully saturated rings. The smallest absolute Gasteiger partial charge is 0.357 e. The maximum atomic E-state index is 12.4. The minimum Gasteiger partial charge on any atom is -0.461 e. The summed E-state index contributed by atoms with van der Waals surface area (Å²) in [7, 11) is 0. The van der Waals surface area contributed by atoms with Crippen LogP contribution in [0.5, 0.6) is 0 Å². The van der Waals surface area contributed by atoms with E-state index in [9.17, 15) is 9.59 Å². The Morgan fingerprint density at radius 1 is 1.32 bits per heavy atom. The summed E-state index contributed by atoms with van der Waals surface area (Å²) in [4.78, 5) is 38.3. The number of esters is 1. The molecule has 0 saturated carbocycles. The highest BCUT2D eigenvalue weighted by molar-refractivity contribution is 7.14. The summed E-state index contributed by atoms with van der Waals surface area (Å²) in [5, 5.41) is 4.47. The molecule has 3 rings (SSSR count). The number of hydrogen-bond acceptors (Lipinski definition) is 9. The van der Waals surface area contributed by atoms with Crippen molar-refractivity contribution in [1.82, 2.24) is 15.0 Å². The molecule has 1 saturated heterocycles. The third-order valence-electron chi connectivity index (χ3n) is 3.43. The van der Waals surface area contributed by atoms with E-state index in [0.717, 1.165) is 11.3 Å². The summed E-state index contributed by atoms with van der Waals surface area (Å²) in [6.45, 7) is 4.67. The fourth-order valence-electron chi connectivity index (χ4n) is 2.23. The van der Waals surface area contributed by atoms with Gasteiger partial charge in [0.2, 0.25) is 0 Å². The number of nitrogens with one attached hydrogen (secondary N) is 1. The first-order chi connectivity index (χ1) is 12.2. The number of nitrogens with zero attached hydrogens (tertiary/aromatic N) is 4. The highest BCUT2D eigenvalue weighted by atomic mass is 32.1. The van der Waals surface area contributed by atoms with Crippen molar-refractivity contribution in [3.05, 3.63) is 29.2 Å². The Morgan fingerprint density at radius 3 is 2.88 bits per heavy atom. The Hall–Kier alpha value is -2.59. The van der Waals surface area contributed by atoms with Crippen LogP contribution in [-0.4, -0.2) is 59.7 Å². The lowest BCUT2D eigenvalue weighted by Gasteiger charge is -2.27. The molecule has 10 heteroatoms. The quantitative estimate of drug-likeness (QED) is 0.790. The second-order valence-corrected chi connectivity index (χ2v) is 5.93. The number of hydrogen-bond donors (Lipinski definition) is 1. The first-order valence-corrected chi connectivity index (χ1v) is 8.64. The van der Waals surface area contributed by atoms with E-state index in [2.05, 4.69) is 20.3 Å². The van der Waals surface area contributed by atoms with Crippen LogP contribution >= 0.6 is 11.3 Å². The second-order valence-electron chi connectivity index (χ2n) is 5.07. The molecule has 0 spiro atoms. The Morgan fingerprint density at radius 2 is 2.12 bits per heavy atom. The van der Waals surface area contributed by atoms with Gasteiger partial charge in [-0.2, -0.15) is 0 Å². The summed E-state index contributed by atoms with van der Waals surface area (Å²) in [5.41, 5.74) is 0.392. The molecular formula is C15H17N5O4S. The van der Waals surface area contributed by atoms with E-state index in [0.29, 0.717) is 37.3 Å². The normalized spacial score (nSPS) is 14.2. The van der Waals surface area contributed by atoms with Gasteiger partial charge >= 0.3 is 5.97 Å². The van der Waals surface area contributed by atoms with Crippen LogP contribution in [0.25, 0.3) is 0 Å². The van der Waals surface area contributed by atoms with Gasteiger partial charge in [0.05, 0.1) is 19.8 Å². The van der Waals surface area contributed by atoms with Crippen LogP contribution in [0.4, 0.5) is 10.9 Å². The Bertz CT molecular complexity index is 760. The molecule has 1 aliphatic heterocycles. The standard InChI is InChI=1S/C15H17N5O4S/c1-2-24-14(22)11-8-25-15(18-11)19-13(21)10-7-12(17-9-16-10)20-3-5-23-6-4-20/h7-9H,2-6H2,1H3,(H,18,19,21). The molecule has 0 aromatic carbocycles. The van der Waals surface area contributed by atoms with Gasteiger partial charge in [-0.05, 0) is 6.92 Å². The molecule has 1 aliphatic rings. The van der Waals surface area contributed by atoms with Gasteiger partial charge in [-0.3, -0.25) is 10.1 Å². The van der Waals surface area contributed by atoms with E-state index >= 15 is 0 Å². The number of morpholine rings is 1. The molecule has 0 atom stereocenters. The van der Waals surface area contributed by atoms with Crippen LogP contribution in [0.2, 0.25) is 0 Å². The molecule has 0 bridgehead atoms. The number of ether oxygens (including phenoxy) is 2. The lowest BCUT2D eigenvalue weighted by molar-refractivity contribution is 0.0520. The molecule has 3 heterocycles. The molecule has 132 valence electrons. The molecule has 2 aromatic heterocycles. The maximum Gasteiger partial charge on any atom is 0.357 e. The van der Waals surface area contributed by atoms with E-state index in [1.807, 2.05) is 4.90 Å². The zero-order chi connectivity index (χ0) is 17.6. The highest BCUT2D eigenvalue weighted by Gasteiger charge is 2.17. The Balaban J connectivity index is 1.68. The summed E-state index contributed by atoms with van der Waals surface area (Å²) in [6.07, 6.45) is 1.35. The minimum atomic E-state index is -0.518. The number of aromatic nitrogens is 3. The van der Waals surface area contributed by atoms with Crippen LogP contribution in [0, 0.1) is 0 Å². The topological polar surface area (TPSA) is 107 Å². The third-order valence-corrected chi connectivity index (χ3v) is 4.19. The van der Waals surface area contributed by atoms with E-state index < -0.39 is 11.9 Å². The average molecular weight is 363 g/mol. The number of rotatable bonds is 5. The van der Waals surface area contributed by atoms with Crippen molar-refractivity contribution < 1.29 is 19.1 Å². The molecule has 1 N–H and O–H groups in total. The largest absolute Gasteiger partial charge is 0.461 e. The number of carbonyl (C=O) groups excluding carboxylic acids is 2. The van der Waals surface area contributed by atoms with E-state index in [-0.39, 0.29) is 18.0 Å². The van der Waals surface area contributed by atoms with Gasteiger partial charge in [0.1, 0.15) is 17.8 Å². The summed E-state index contributed by atoms with van der Waals surface area (Å²) < 4.78 is 10.2. The molecule has 0 aliphatic carbocycles. The Labute approximate surface area is 148 Å². The number of anilines is 2. The third kappa shape index (κ3) is 4.28. The molecule has 9 nitrogen and oxygen atoms in total. The van der Waals surface area contributed by atoms with Gasteiger partial charge < -0.3 is 14.4 Å². The molecule has 2 aromatic rings.